The molecule has 8 nitrogen and oxygen atoms in total. The van der Waals surface area contributed by atoms with Gasteiger partial charge in [0.15, 0.2) is 23.4 Å². The van der Waals surface area contributed by atoms with Crippen LogP contribution in [0, 0.1) is 0 Å². The predicted molar refractivity (Wildman–Crippen MR) is 121 cm³/mol. The van der Waals surface area contributed by atoms with E-state index in [1.54, 1.807) is 37.3 Å². The highest BCUT2D eigenvalue weighted by Gasteiger charge is 2.26. The zero-order valence-electron chi connectivity index (χ0n) is 18.5. The van der Waals surface area contributed by atoms with Gasteiger partial charge in [-0.25, -0.2) is 8.42 Å². The number of carbonyl (C=O) groups is 2. The number of carbonyl (C=O) groups excluding carboxylic acids is 2. The van der Waals surface area contributed by atoms with Gasteiger partial charge in [0.25, 0.3) is 5.91 Å². The Morgan fingerprint density at radius 2 is 1.66 bits per heavy atom. The summed E-state index contributed by atoms with van der Waals surface area (Å²) >= 11 is 0. The van der Waals surface area contributed by atoms with Crippen LogP contribution in [0.15, 0.2) is 47.4 Å². The first kappa shape index (κ1) is 23.7. The summed E-state index contributed by atoms with van der Waals surface area (Å²) in [7, 11) is -2.07. The minimum absolute atomic E-state index is 0.105. The third kappa shape index (κ3) is 5.46. The summed E-state index contributed by atoms with van der Waals surface area (Å²) in [6, 6.07) is 10.9. The molecule has 2 aromatic carbocycles. The largest absolute Gasteiger partial charge is 0.493 e. The van der Waals surface area contributed by atoms with Crippen LogP contribution in [0.1, 0.15) is 43.5 Å². The number of hydrogen-bond donors (Lipinski definition) is 1. The van der Waals surface area contributed by atoms with Gasteiger partial charge in [0.05, 0.1) is 12.0 Å². The van der Waals surface area contributed by atoms with Crippen LogP contribution in [0.3, 0.4) is 0 Å². The van der Waals surface area contributed by atoms with E-state index in [4.69, 9.17) is 9.47 Å². The predicted octanol–water partition coefficient (Wildman–Crippen LogP) is 3.48. The molecule has 0 aromatic heterocycles. The number of anilines is 1. The van der Waals surface area contributed by atoms with Crippen LogP contribution >= 0.6 is 0 Å². The number of methoxy groups -OCH3 is 1. The van der Waals surface area contributed by atoms with Crippen LogP contribution in [0.2, 0.25) is 0 Å². The minimum Gasteiger partial charge on any atom is -0.493 e. The maximum atomic E-state index is 12.7. The summed E-state index contributed by atoms with van der Waals surface area (Å²) in [6.45, 7) is 4.11. The number of ether oxygens (including phenoxy) is 2. The normalized spacial score (nSPS) is 15.6. The van der Waals surface area contributed by atoms with Crippen molar-refractivity contribution in [1.29, 1.82) is 0 Å². The number of Topliss-reactive ketones (excluding diaryl/α,β-unsaturated/α-hetero) is 1. The highest BCUT2D eigenvalue weighted by Crippen LogP contribution is 2.29. The molecular weight excluding hydrogens is 432 g/mol. The molecule has 1 heterocycles. The zero-order valence-corrected chi connectivity index (χ0v) is 19.3. The fourth-order valence-electron chi connectivity index (χ4n) is 3.44. The Bertz CT molecular complexity index is 1080. The summed E-state index contributed by atoms with van der Waals surface area (Å²) in [5.41, 5.74) is 0.938. The second-order valence-electron chi connectivity index (χ2n) is 7.66. The molecule has 2 aromatic rings. The topological polar surface area (TPSA) is 102 Å². The Balaban J connectivity index is 1.65. The first-order valence-electron chi connectivity index (χ1n) is 10.5. The van der Waals surface area contributed by atoms with E-state index in [0.717, 1.165) is 19.3 Å². The Hall–Kier alpha value is -2.91. The molecule has 32 heavy (non-hydrogen) atoms. The Labute approximate surface area is 188 Å². The maximum absolute atomic E-state index is 12.7. The summed E-state index contributed by atoms with van der Waals surface area (Å²) < 4.78 is 38.0. The number of sulfonamides is 1. The zero-order chi connectivity index (χ0) is 23.3. The van der Waals surface area contributed by atoms with Gasteiger partial charge < -0.3 is 14.8 Å². The standard InChI is InChI=1S/C23H28N2O6S/c1-16(26)18-7-12-21(22(15-18)30-3)31-17(2)23(27)24-19-8-10-20(11-9-19)32(28,29)25-13-5-4-6-14-25/h7-12,15,17H,4-6,13-14H2,1-3H3,(H,24,27)/t17-/m1/s1. The first-order chi connectivity index (χ1) is 15.2. The molecular formula is C23H28N2O6S. The molecule has 1 aliphatic heterocycles. The van der Waals surface area contributed by atoms with E-state index in [-0.39, 0.29) is 10.7 Å². The van der Waals surface area contributed by atoms with Crippen molar-refractivity contribution >= 4 is 27.4 Å². The summed E-state index contributed by atoms with van der Waals surface area (Å²) in [5.74, 6) is 0.175. The number of nitrogens with zero attached hydrogens (tertiary/aromatic N) is 1. The van der Waals surface area contributed by atoms with Crippen LogP contribution in [-0.2, 0) is 14.8 Å². The molecule has 0 radical (unpaired) electrons. The number of hydrogen-bond acceptors (Lipinski definition) is 6. The van der Waals surface area contributed by atoms with Crippen molar-refractivity contribution in [3.63, 3.8) is 0 Å². The van der Waals surface area contributed by atoms with Crippen molar-refractivity contribution in [2.24, 2.45) is 0 Å². The van der Waals surface area contributed by atoms with Gasteiger partial charge in [-0.05, 0) is 69.2 Å². The summed E-state index contributed by atoms with van der Waals surface area (Å²) in [4.78, 5) is 24.3. The molecule has 0 bridgehead atoms. The molecule has 1 atom stereocenters. The van der Waals surface area contributed by atoms with E-state index in [9.17, 15) is 18.0 Å². The Morgan fingerprint density at radius 3 is 2.25 bits per heavy atom. The summed E-state index contributed by atoms with van der Waals surface area (Å²) in [5, 5.41) is 2.72. The lowest BCUT2D eigenvalue weighted by molar-refractivity contribution is -0.122. The van der Waals surface area contributed by atoms with Crippen molar-refractivity contribution in [3.05, 3.63) is 48.0 Å². The van der Waals surface area contributed by atoms with Gasteiger partial charge >= 0.3 is 0 Å². The van der Waals surface area contributed by atoms with Crippen molar-refractivity contribution < 1.29 is 27.5 Å². The lowest BCUT2D eigenvalue weighted by atomic mass is 10.1. The molecule has 1 fully saturated rings. The SMILES string of the molecule is COc1cc(C(C)=O)ccc1O[C@H](C)C(=O)Nc1ccc(S(=O)(=O)N2CCCCC2)cc1. The summed E-state index contributed by atoms with van der Waals surface area (Å²) in [6.07, 6.45) is 1.93. The van der Waals surface area contributed by atoms with Crippen LogP contribution < -0.4 is 14.8 Å². The molecule has 1 N–H and O–H groups in total. The molecule has 0 unspecified atom stereocenters. The van der Waals surface area contributed by atoms with E-state index in [2.05, 4.69) is 5.32 Å². The van der Waals surface area contributed by atoms with Crippen molar-refractivity contribution in [1.82, 2.24) is 4.31 Å². The average molecular weight is 461 g/mol. The molecule has 1 amide bonds. The fourth-order valence-corrected chi connectivity index (χ4v) is 4.95. The van der Waals surface area contributed by atoms with Crippen molar-refractivity contribution in [2.75, 3.05) is 25.5 Å². The Kier molecular flexibility index (Phi) is 7.52. The number of nitrogens with one attached hydrogen (secondary N) is 1. The van der Waals surface area contributed by atoms with Gasteiger partial charge in [-0.2, -0.15) is 4.31 Å². The van der Waals surface area contributed by atoms with Gasteiger partial charge in [0.1, 0.15) is 0 Å². The molecule has 0 saturated carbocycles. The molecule has 0 aliphatic carbocycles. The van der Waals surface area contributed by atoms with Gasteiger partial charge in [-0.15, -0.1) is 0 Å². The van der Waals surface area contributed by atoms with Gasteiger partial charge in [0.2, 0.25) is 10.0 Å². The number of piperidine rings is 1. The first-order valence-corrected chi connectivity index (χ1v) is 11.9. The third-order valence-corrected chi connectivity index (χ3v) is 7.23. The van der Waals surface area contributed by atoms with E-state index in [1.165, 1.54) is 30.5 Å². The smallest absolute Gasteiger partial charge is 0.265 e. The van der Waals surface area contributed by atoms with Gasteiger partial charge in [-0.3, -0.25) is 9.59 Å². The van der Waals surface area contributed by atoms with Crippen LogP contribution in [-0.4, -0.2) is 50.7 Å². The van der Waals surface area contributed by atoms with Gasteiger partial charge in [0, 0.05) is 24.3 Å². The molecule has 1 saturated heterocycles. The number of amides is 1. The second kappa shape index (κ2) is 10.1. The second-order valence-corrected chi connectivity index (χ2v) is 9.60. The van der Waals surface area contributed by atoms with E-state index in [0.29, 0.717) is 35.8 Å². The number of rotatable bonds is 8. The highest BCUT2D eigenvalue weighted by atomic mass is 32.2. The van der Waals surface area contributed by atoms with Crippen molar-refractivity contribution in [2.45, 2.75) is 44.1 Å². The average Bonchev–Trinajstić information content (AvgIpc) is 2.80. The Morgan fingerprint density at radius 1 is 1.00 bits per heavy atom. The molecule has 9 heteroatoms. The fraction of sp³-hybridized carbons (Fsp3) is 0.391. The van der Waals surface area contributed by atoms with Crippen LogP contribution in [0.25, 0.3) is 0 Å². The lowest BCUT2D eigenvalue weighted by Gasteiger charge is -2.25. The number of benzene rings is 2. The van der Waals surface area contributed by atoms with Crippen molar-refractivity contribution in [3.8, 4) is 11.5 Å². The highest BCUT2D eigenvalue weighted by molar-refractivity contribution is 7.89. The molecule has 1 aliphatic rings. The molecule has 3 rings (SSSR count). The number of ketones is 1. The van der Waals surface area contributed by atoms with E-state index < -0.39 is 22.0 Å². The van der Waals surface area contributed by atoms with Crippen LogP contribution in [0.4, 0.5) is 5.69 Å². The van der Waals surface area contributed by atoms with Crippen LogP contribution in [0.5, 0.6) is 11.5 Å². The minimum atomic E-state index is -3.52. The molecule has 172 valence electrons. The van der Waals surface area contributed by atoms with E-state index >= 15 is 0 Å². The quantitative estimate of drug-likeness (QED) is 0.605. The lowest BCUT2D eigenvalue weighted by Crippen LogP contribution is -2.35. The monoisotopic (exact) mass is 460 g/mol. The molecule has 0 spiro atoms. The van der Waals surface area contributed by atoms with Gasteiger partial charge in [-0.1, -0.05) is 6.42 Å². The third-order valence-electron chi connectivity index (χ3n) is 5.32. The maximum Gasteiger partial charge on any atom is 0.265 e. The van der Waals surface area contributed by atoms with E-state index in [1.807, 2.05) is 0 Å².